The minimum atomic E-state index is -3.98. The third-order valence-electron chi connectivity index (χ3n) is 11.0. The first-order valence-electron chi connectivity index (χ1n) is 16.8. The van der Waals surface area contributed by atoms with Gasteiger partial charge in [0.25, 0.3) is 5.91 Å². The standard InChI is InChI=1S/C36H47ClN2O7S/c1-24-6-4-15-36(41,23-45-17-16-44-3)31-11-8-28(31)20-39-21-35(14-5-7-26-18-29(37)10-12-30(26)35)22-46-33-13-9-27(19-32(33)39)34(40)38-47(42,43)25(24)2/h4,9-10,12-13,15,18-19,24-25,28,31,41H,5-8,11,14,16-17,20-23H2,1-3H3,(H,38,40)/b15-4-/t24-,25+,28-,31+,35-,36-/m0/s1. The van der Waals surface area contributed by atoms with E-state index in [0.29, 0.717) is 45.1 Å². The fraction of sp³-hybridized carbons (Fsp3) is 0.583. The number of fused-ring (bicyclic) bond motifs is 4. The molecule has 1 fully saturated rings. The van der Waals surface area contributed by atoms with Crippen LogP contribution in [0.2, 0.25) is 5.02 Å². The highest BCUT2D eigenvalue weighted by molar-refractivity contribution is 7.90. The van der Waals surface area contributed by atoms with Gasteiger partial charge in [0.2, 0.25) is 10.0 Å². The lowest BCUT2D eigenvalue weighted by atomic mass is 9.64. The maximum absolute atomic E-state index is 13.5. The molecule has 6 rings (SSSR count). The molecule has 2 aliphatic heterocycles. The highest BCUT2D eigenvalue weighted by atomic mass is 35.5. The number of nitrogens with zero attached hydrogens (tertiary/aromatic N) is 1. The Hall–Kier alpha value is -2.63. The summed E-state index contributed by atoms with van der Waals surface area (Å²) in [5.74, 6) is -0.234. The van der Waals surface area contributed by atoms with Gasteiger partial charge in [0.05, 0.1) is 37.4 Å². The first kappa shape index (κ1) is 34.2. The van der Waals surface area contributed by atoms with Gasteiger partial charge in [-0.2, -0.15) is 0 Å². The number of carbonyl (C=O) groups excluding carboxylic acids is 1. The SMILES string of the molecule is COCCOC[C@@]1(O)/C=C\C[C@H](C)[C@@H](C)S(=O)(=O)NC(=O)c2ccc3c(c2)N(C[C@@H]2CC[C@H]21)C[C@@]1(CCCc2cc(Cl)ccc21)CO3. The second kappa shape index (κ2) is 13.7. The predicted molar refractivity (Wildman–Crippen MR) is 183 cm³/mol. The molecule has 0 unspecified atom stereocenters. The van der Waals surface area contributed by atoms with Gasteiger partial charge in [-0.15, -0.1) is 0 Å². The number of carbonyl (C=O) groups is 1. The highest BCUT2D eigenvalue weighted by Crippen LogP contribution is 2.48. The quantitative estimate of drug-likeness (QED) is 0.323. The van der Waals surface area contributed by atoms with Crippen LogP contribution in [-0.2, 0) is 31.3 Å². The number of anilines is 1. The van der Waals surface area contributed by atoms with Gasteiger partial charge in [-0.3, -0.25) is 4.79 Å². The first-order valence-corrected chi connectivity index (χ1v) is 18.7. The Labute approximate surface area is 283 Å². The summed E-state index contributed by atoms with van der Waals surface area (Å²) in [5, 5.41) is 12.1. The minimum Gasteiger partial charge on any atom is -0.490 e. The largest absolute Gasteiger partial charge is 0.490 e. The average Bonchev–Trinajstić information content (AvgIpc) is 3.17. The number of hydrogen-bond acceptors (Lipinski definition) is 8. The molecule has 0 saturated heterocycles. The molecule has 1 amide bonds. The van der Waals surface area contributed by atoms with E-state index < -0.39 is 26.8 Å². The number of benzene rings is 2. The van der Waals surface area contributed by atoms with Crippen LogP contribution in [0.5, 0.6) is 5.75 Å². The van der Waals surface area contributed by atoms with Crippen molar-refractivity contribution >= 4 is 33.2 Å². The number of hydrogen-bond donors (Lipinski definition) is 2. The van der Waals surface area contributed by atoms with Crippen molar-refractivity contribution in [3.63, 3.8) is 0 Å². The van der Waals surface area contributed by atoms with Crippen molar-refractivity contribution in [1.29, 1.82) is 0 Å². The monoisotopic (exact) mass is 686 g/mol. The maximum Gasteiger partial charge on any atom is 0.264 e. The van der Waals surface area contributed by atoms with Gasteiger partial charge in [0.1, 0.15) is 11.4 Å². The smallest absolute Gasteiger partial charge is 0.264 e. The van der Waals surface area contributed by atoms with E-state index in [4.69, 9.17) is 25.8 Å². The number of sulfonamides is 1. The lowest BCUT2D eigenvalue weighted by Crippen LogP contribution is -2.54. The van der Waals surface area contributed by atoms with Crippen LogP contribution in [0.3, 0.4) is 0 Å². The number of allylic oxidation sites excluding steroid dienone is 1. The summed E-state index contributed by atoms with van der Waals surface area (Å²) in [5.41, 5.74) is 1.93. The van der Waals surface area contributed by atoms with E-state index in [1.54, 1.807) is 32.2 Å². The third kappa shape index (κ3) is 6.95. The Kier molecular flexibility index (Phi) is 9.99. The molecule has 1 saturated carbocycles. The number of ether oxygens (including phenoxy) is 3. The summed E-state index contributed by atoms with van der Waals surface area (Å²) in [7, 11) is -2.37. The van der Waals surface area contributed by atoms with Gasteiger partial charge in [-0.25, -0.2) is 13.1 Å². The Morgan fingerprint density at radius 2 is 1.98 bits per heavy atom. The zero-order valence-electron chi connectivity index (χ0n) is 27.5. The van der Waals surface area contributed by atoms with E-state index in [-0.39, 0.29) is 35.3 Å². The van der Waals surface area contributed by atoms with Crippen LogP contribution in [0.15, 0.2) is 48.6 Å². The molecule has 0 aromatic heterocycles. The Balaban J connectivity index is 1.42. The normalized spacial score (nSPS) is 32.6. The van der Waals surface area contributed by atoms with Crippen molar-refractivity contribution in [3.05, 3.63) is 70.3 Å². The molecule has 6 atom stereocenters. The molecule has 11 heteroatoms. The molecular weight excluding hydrogens is 640 g/mol. The van der Waals surface area contributed by atoms with Gasteiger partial charge in [-0.1, -0.05) is 36.7 Å². The van der Waals surface area contributed by atoms with Crippen LogP contribution in [0.1, 0.15) is 67.4 Å². The molecule has 2 bridgehead atoms. The van der Waals surface area contributed by atoms with Crippen molar-refractivity contribution in [2.75, 3.05) is 51.5 Å². The second-order valence-electron chi connectivity index (χ2n) is 14.1. The highest BCUT2D eigenvalue weighted by Gasteiger charge is 2.48. The van der Waals surface area contributed by atoms with Gasteiger partial charge in [-0.05, 0) is 105 Å². The molecular formula is C36H47ClN2O7S. The van der Waals surface area contributed by atoms with Crippen molar-refractivity contribution < 1.29 is 32.5 Å². The van der Waals surface area contributed by atoms with Crippen LogP contribution in [-0.4, -0.2) is 76.9 Å². The van der Waals surface area contributed by atoms with Crippen LogP contribution in [0.25, 0.3) is 0 Å². The predicted octanol–water partition coefficient (Wildman–Crippen LogP) is 5.28. The summed E-state index contributed by atoms with van der Waals surface area (Å²) in [6, 6.07) is 11.3. The minimum absolute atomic E-state index is 0.0711. The van der Waals surface area contributed by atoms with E-state index in [9.17, 15) is 18.3 Å². The molecule has 4 aliphatic rings. The zero-order valence-corrected chi connectivity index (χ0v) is 29.1. The van der Waals surface area contributed by atoms with E-state index >= 15 is 0 Å². The summed E-state index contributed by atoms with van der Waals surface area (Å²) < 4.78 is 46.7. The Morgan fingerprint density at radius 1 is 1.15 bits per heavy atom. The lowest BCUT2D eigenvalue weighted by molar-refractivity contribution is -0.0994. The van der Waals surface area contributed by atoms with Crippen LogP contribution in [0.4, 0.5) is 5.69 Å². The van der Waals surface area contributed by atoms with Gasteiger partial charge in [0.15, 0.2) is 0 Å². The molecule has 1 spiro atoms. The zero-order chi connectivity index (χ0) is 33.4. The number of nitrogens with one attached hydrogen (secondary N) is 1. The number of aryl methyl sites for hydroxylation is 1. The van der Waals surface area contributed by atoms with Crippen LogP contribution in [0, 0.1) is 17.8 Å². The fourth-order valence-electron chi connectivity index (χ4n) is 7.91. The maximum atomic E-state index is 13.5. The Morgan fingerprint density at radius 3 is 2.74 bits per heavy atom. The number of rotatable bonds is 5. The number of amides is 1. The van der Waals surface area contributed by atoms with Crippen LogP contribution < -0.4 is 14.4 Å². The van der Waals surface area contributed by atoms with E-state index in [1.165, 1.54) is 11.1 Å². The molecule has 2 heterocycles. The average molecular weight is 687 g/mol. The lowest BCUT2D eigenvalue weighted by Gasteiger charge is -2.49. The molecule has 2 aliphatic carbocycles. The Bertz CT molecular complexity index is 1620. The second-order valence-corrected chi connectivity index (χ2v) is 16.5. The molecule has 47 heavy (non-hydrogen) atoms. The van der Waals surface area contributed by atoms with Gasteiger partial charge < -0.3 is 24.2 Å². The van der Waals surface area contributed by atoms with Crippen molar-refractivity contribution in [1.82, 2.24) is 4.72 Å². The van der Waals surface area contributed by atoms with Crippen molar-refractivity contribution in [2.45, 2.75) is 68.6 Å². The molecule has 9 nitrogen and oxygen atoms in total. The summed E-state index contributed by atoms with van der Waals surface area (Å²) in [4.78, 5) is 15.8. The molecule has 2 aromatic rings. The fourth-order valence-corrected chi connectivity index (χ4v) is 9.39. The van der Waals surface area contributed by atoms with Gasteiger partial charge in [0, 0.05) is 36.2 Å². The summed E-state index contributed by atoms with van der Waals surface area (Å²) in [6.45, 7) is 6.11. The molecule has 0 radical (unpaired) electrons. The number of halogens is 1. The third-order valence-corrected chi connectivity index (χ3v) is 13.2. The van der Waals surface area contributed by atoms with Crippen molar-refractivity contribution in [3.8, 4) is 5.75 Å². The molecule has 2 N–H and O–H groups in total. The number of aliphatic hydroxyl groups is 1. The summed E-state index contributed by atoms with van der Waals surface area (Å²) in [6.07, 6.45) is 8.77. The summed E-state index contributed by atoms with van der Waals surface area (Å²) >= 11 is 6.43. The van der Waals surface area contributed by atoms with E-state index in [2.05, 4.69) is 21.8 Å². The van der Waals surface area contributed by atoms with E-state index in [1.807, 2.05) is 25.1 Å². The topological polar surface area (TPSA) is 114 Å². The van der Waals surface area contributed by atoms with Crippen LogP contribution >= 0.6 is 11.6 Å². The van der Waals surface area contributed by atoms with Gasteiger partial charge >= 0.3 is 0 Å². The van der Waals surface area contributed by atoms with E-state index in [0.717, 1.165) is 42.8 Å². The first-order chi connectivity index (χ1) is 22.4. The molecule has 2 aromatic carbocycles. The number of methoxy groups -OCH3 is 1. The van der Waals surface area contributed by atoms with Crippen molar-refractivity contribution in [2.24, 2.45) is 17.8 Å². The molecule has 256 valence electrons.